The molecule has 66 valence electrons. The van der Waals surface area contributed by atoms with E-state index in [4.69, 9.17) is 23.2 Å². The van der Waals surface area contributed by atoms with Crippen LogP contribution in [0.15, 0.2) is 29.1 Å². The summed E-state index contributed by atoms with van der Waals surface area (Å²) in [6, 6.07) is 5.36. The zero-order valence-electron chi connectivity index (χ0n) is 6.50. The quantitative estimate of drug-likeness (QED) is 0.718. The van der Waals surface area contributed by atoms with Crippen LogP contribution in [0.4, 0.5) is 0 Å². The highest BCUT2D eigenvalue weighted by molar-refractivity contribution is 7.07. The summed E-state index contributed by atoms with van der Waals surface area (Å²) in [6.45, 7) is 0. The standard InChI is InChI=1S/C9H5Cl2NS/c10-6-1-2-8(11)7(3-6)9-4-13-5-12-9/h1-5H. The predicted molar refractivity (Wildman–Crippen MR) is 57.6 cm³/mol. The Hall–Kier alpha value is -0.570. The van der Waals surface area contributed by atoms with Gasteiger partial charge in [-0.2, -0.15) is 0 Å². The second-order valence-electron chi connectivity index (χ2n) is 2.50. The first kappa shape index (κ1) is 9.00. The Morgan fingerprint density at radius 2 is 2.08 bits per heavy atom. The van der Waals surface area contributed by atoms with Crippen molar-refractivity contribution < 1.29 is 0 Å². The summed E-state index contributed by atoms with van der Waals surface area (Å²) in [7, 11) is 0. The van der Waals surface area contributed by atoms with E-state index < -0.39 is 0 Å². The number of hydrogen-bond donors (Lipinski definition) is 0. The van der Waals surface area contributed by atoms with E-state index in [-0.39, 0.29) is 0 Å². The highest BCUT2D eigenvalue weighted by Gasteiger charge is 2.05. The third kappa shape index (κ3) is 1.85. The second kappa shape index (κ2) is 3.66. The van der Waals surface area contributed by atoms with E-state index in [0.29, 0.717) is 10.0 Å². The van der Waals surface area contributed by atoms with Crippen LogP contribution in [0.1, 0.15) is 0 Å². The Morgan fingerprint density at radius 1 is 1.23 bits per heavy atom. The molecule has 0 atom stereocenters. The maximum Gasteiger partial charge on any atom is 0.0826 e. The molecule has 0 saturated carbocycles. The summed E-state index contributed by atoms with van der Waals surface area (Å²) < 4.78 is 0. The van der Waals surface area contributed by atoms with Gasteiger partial charge in [-0.25, -0.2) is 4.98 Å². The summed E-state index contributed by atoms with van der Waals surface area (Å²) in [5, 5.41) is 3.29. The molecule has 0 bridgehead atoms. The molecule has 4 heteroatoms. The molecule has 1 nitrogen and oxygen atoms in total. The molecule has 1 heterocycles. The second-order valence-corrected chi connectivity index (χ2v) is 4.06. The molecule has 0 spiro atoms. The van der Waals surface area contributed by atoms with Gasteiger partial charge in [0.15, 0.2) is 0 Å². The van der Waals surface area contributed by atoms with E-state index >= 15 is 0 Å². The smallest absolute Gasteiger partial charge is 0.0826 e. The molecule has 0 fully saturated rings. The van der Waals surface area contributed by atoms with Gasteiger partial charge in [-0.1, -0.05) is 23.2 Å². The van der Waals surface area contributed by atoms with Crippen LogP contribution < -0.4 is 0 Å². The number of nitrogens with zero attached hydrogens (tertiary/aromatic N) is 1. The molecule has 2 rings (SSSR count). The fraction of sp³-hybridized carbons (Fsp3) is 0. The normalized spacial score (nSPS) is 10.3. The van der Waals surface area contributed by atoms with Gasteiger partial charge in [0, 0.05) is 16.0 Å². The summed E-state index contributed by atoms with van der Waals surface area (Å²) in [4.78, 5) is 4.16. The Balaban J connectivity index is 2.57. The van der Waals surface area contributed by atoms with Gasteiger partial charge in [0.25, 0.3) is 0 Å². The molecule has 0 radical (unpaired) electrons. The molecule has 0 amide bonds. The van der Waals surface area contributed by atoms with Crippen LogP contribution in [-0.2, 0) is 0 Å². The molecule has 0 aliphatic rings. The van der Waals surface area contributed by atoms with Crippen LogP contribution in [0.3, 0.4) is 0 Å². The zero-order valence-corrected chi connectivity index (χ0v) is 8.83. The zero-order chi connectivity index (χ0) is 9.26. The molecule has 0 aliphatic carbocycles. The molecule has 0 aliphatic heterocycles. The van der Waals surface area contributed by atoms with Crippen LogP contribution in [0.2, 0.25) is 10.0 Å². The third-order valence-electron chi connectivity index (χ3n) is 1.64. The summed E-state index contributed by atoms with van der Waals surface area (Å²) in [5.41, 5.74) is 3.53. The van der Waals surface area contributed by atoms with E-state index in [9.17, 15) is 0 Å². The minimum absolute atomic E-state index is 0.674. The first-order valence-corrected chi connectivity index (χ1v) is 5.31. The monoisotopic (exact) mass is 229 g/mol. The molecule has 0 unspecified atom stereocenters. The number of aromatic nitrogens is 1. The molecular formula is C9H5Cl2NS. The number of hydrogen-bond acceptors (Lipinski definition) is 2. The molecular weight excluding hydrogens is 225 g/mol. The molecule has 0 saturated heterocycles. The lowest BCUT2D eigenvalue weighted by molar-refractivity contribution is 1.41. The van der Waals surface area contributed by atoms with Gasteiger partial charge < -0.3 is 0 Å². The van der Waals surface area contributed by atoms with E-state index in [1.165, 1.54) is 11.3 Å². The van der Waals surface area contributed by atoms with Gasteiger partial charge in [-0.3, -0.25) is 0 Å². The fourth-order valence-corrected chi connectivity index (χ4v) is 1.98. The first-order valence-electron chi connectivity index (χ1n) is 3.61. The Morgan fingerprint density at radius 3 is 2.77 bits per heavy atom. The van der Waals surface area contributed by atoms with Crippen molar-refractivity contribution in [2.75, 3.05) is 0 Å². The molecule has 13 heavy (non-hydrogen) atoms. The van der Waals surface area contributed by atoms with Crippen LogP contribution in [-0.4, -0.2) is 4.98 Å². The van der Waals surface area contributed by atoms with Crippen molar-refractivity contribution in [3.63, 3.8) is 0 Å². The van der Waals surface area contributed by atoms with Crippen molar-refractivity contribution in [1.82, 2.24) is 4.98 Å². The number of rotatable bonds is 1. The lowest BCUT2D eigenvalue weighted by Crippen LogP contribution is -1.78. The highest BCUT2D eigenvalue weighted by atomic mass is 35.5. The van der Waals surface area contributed by atoms with Gasteiger partial charge in [0.05, 0.1) is 16.2 Å². The van der Waals surface area contributed by atoms with Crippen molar-refractivity contribution in [3.05, 3.63) is 39.1 Å². The van der Waals surface area contributed by atoms with Crippen LogP contribution in [0.25, 0.3) is 11.3 Å². The van der Waals surface area contributed by atoms with E-state index in [1.54, 1.807) is 17.6 Å². The van der Waals surface area contributed by atoms with E-state index in [1.807, 2.05) is 11.4 Å². The van der Waals surface area contributed by atoms with Gasteiger partial charge in [0.1, 0.15) is 0 Å². The van der Waals surface area contributed by atoms with Gasteiger partial charge >= 0.3 is 0 Å². The van der Waals surface area contributed by atoms with Crippen LogP contribution in [0.5, 0.6) is 0 Å². The Labute approximate surface area is 90.0 Å². The topological polar surface area (TPSA) is 12.9 Å². The van der Waals surface area contributed by atoms with Crippen molar-refractivity contribution >= 4 is 34.5 Å². The first-order chi connectivity index (χ1) is 6.27. The largest absolute Gasteiger partial charge is 0.245 e. The molecule has 2 aromatic rings. The summed E-state index contributed by atoms with van der Waals surface area (Å²) in [6.07, 6.45) is 0. The number of halogens is 2. The van der Waals surface area contributed by atoms with Crippen molar-refractivity contribution in [2.24, 2.45) is 0 Å². The van der Waals surface area contributed by atoms with Gasteiger partial charge in [-0.05, 0) is 18.2 Å². The lowest BCUT2D eigenvalue weighted by Gasteiger charge is -2.00. The SMILES string of the molecule is Clc1ccc(Cl)c(-c2cscn2)c1. The number of benzene rings is 1. The maximum absolute atomic E-state index is 5.99. The predicted octanol–water partition coefficient (Wildman–Crippen LogP) is 4.12. The van der Waals surface area contributed by atoms with Crippen molar-refractivity contribution in [2.45, 2.75) is 0 Å². The van der Waals surface area contributed by atoms with Crippen LogP contribution in [0, 0.1) is 0 Å². The fourth-order valence-electron chi connectivity index (χ4n) is 1.04. The summed E-state index contributed by atoms with van der Waals surface area (Å²) in [5.74, 6) is 0. The Kier molecular flexibility index (Phi) is 2.54. The average Bonchev–Trinajstić information content (AvgIpc) is 2.61. The minimum atomic E-state index is 0.674. The van der Waals surface area contributed by atoms with Crippen LogP contribution >= 0.6 is 34.5 Å². The average molecular weight is 230 g/mol. The van der Waals surface area contributed by atoms with Gasteiger partial charge in [0.2, 0.25) is 0 Å². The minimum Gasteiger partial charge on any atom is -0.245 e. The van der Waals surface area contributed by atoms with Gasteiger partial charge in [-0.15, -0.1) is 11.3 Å². The van der Waals surface area contributed by atoms with Crippen molar-refractivity contribution in [1.29, 1.82) is 0 Å². The third-order valence-corrected chi connectivity index (χ3v) is 2.79. The molecule has 0 N–H and O–H groups in total. The summed E-state index contributed by atoms with van der Waals surface area (Å²) >= 11 is 13.4. The Bertz CT molecular complexity index is 412. The molecule has 1 aromatic heterocycles. The van der Waals surface area contributed by atoms with E-state index in [0.717, 1.165) is 11.3 Å². The molecule has 1 aromatic carbocycles. The number of thiazole rings is 1. The maximum atomic E-state index is 5.99. The lowest BCUT2D eigenvalue weighted by atomic mass is 10.2. The van der Waals surface area contributed by atoms with E-state index in [2.05, 4.69) is 4.98 Å². The highest BCUT2D eigenvalue weighted by Crippen LogP contribution is 2.29. The van der Waals surface area contributed by atoms with Crippen molar-refractivity contribution in [3.8, 4) is 11.3 Å².